The van der Waals surface area contributed by atoms with Gasteiger partial charge in [-0.15, -0.1) is 0 Å². The Morgan fingerprint density at radius 1 is 1.07 bits per heavy atom. The number of fused-ring (bicyclic) bond motifs is 1. The second-order valence-corrected chi connectivity index (χ2v) is 7.30. The molecule has 0 spiro atoms. The van der Waals surface area contributed by atoms with Crippen LogP contribution in [0.5, 0.6) is 5.75 Å². The molecule has 0 unspecified atom stereocenters. The summed E-state index contributed by atoms with van der Waals surface area (Å²) in [5, 5.41) is 4.16. The van der Waals surface area contributed by atoms with Crippen molar-refractivity contribution in [3.8, 4) is 17.1 Å². The second kappa shape index (κ2) is 7.09. The topological polar surface area (TPSA) is 77.2 Å². The minimum absolute atomic E-state index is 0.296. The summed E-state index contributed by atoms with van der Waals surface area (Å²) in [5.41, 5.74) is 4.58. The van der Waals surface area contributed by atoms with Crippen LogP contribution in [0.25, 0.3) is 22.4 Å². The van der Waals surface area contributed by atoms with Gasteiger partial charge in [0.2, 0.25) is 5.13 Å². The zero-order chi connectivity index (χ0) is 19.8. The molecule has 142 valence electrons. The van der Waals surface area contributed by atoms with Crippen LogP contribution < -0.4 is 10.1 Å². The van der Waals surface area contributed by atoms with Crippen LogP contribution in [-0.2, 0) is 0 Å². The van der Waals surface area contributed by atoms with E-state index in [-0.39, 0.29) is 5.91 Å². The molecule has 1 amide bonds. The monoisotopic (exact) mass is 393 g/mol. The standard InChI is InChI=1S/C21H19N3O3S/c1-11-5-10-16-13(3)18(27-17(16)12(11)2)20(25)23-21-22-19(24-28-21)14-6-8-15(26-4)9-7-14/h5-10H,1-4H3,(H,22,23,24,25). The molecule has 2 heterocycles. The van der Waals surface area contributed by atoms with Crippen molar-refractivity contribution in [2.75, 3.05) is 12.4 Å². The van der Waals surface area contributed by atoms with E-state index < -0.39 is 0 Å². The molecule has 0 atom stereocenters. The number of hydrogen-bond acceptors (Lipinski definition) is 6. The summed E-state index contributed by atoms with van der Waals surface area (Å²) in [6.45, 7) is 5.90. The predicted molar refractivity (Wildman–Crippen MR) is 110 cm³/mol. The van der Waals surface area contributed by atoms with Crippen molar-refractivity contribution in [2.45, 2.75) is 20.8 Å². The summed E-state index contributed by atoms with van der Waals surface area (Å²) in [4.78, 5) is 17.2. The average molecular weight is 393 g/mol. The highest BCUT2D eigenvalue weighted by molar-refractivity contribution is 7.10. The molecular weight excluding hydrogens is 374 g/mol. The van der Waals surface area contributed by atoms with Crippen molar-refractivity contribution in [3.63, 3.8) is 0 Å². The Morgan fingerprint density at radius 2 is 1.82 bits per heavy atom. The van der Waals surface area contributed by atoms with Gasteiger partial charge in [-0.05, 0) is 56.2 Å². The Hall–Kier alpha value is -3.19. The van der Waals surface area contributed by atoms with Crippen molar-refractivity contribution >= 4 is 33.5 Å². The Kier molecular flexibility index (Phi) is 4.60. The first-order chi connectivity index (χ1) is 13.5. The number of hydrogen-bond donors (Lipinski definition) is 1. The van der Waals surface area contributed by atoms with Gasteiger partial charge in [0.05, 0.1) is 7.11 Å². The van der Waals surface area contributed by atoms with E-state index in [2.05, 4.69) is 14.7 Å². The van der Waals surface area contributed by atoms with Gasteiger partial charge in [0.15, 0.2) is 11.6 Å². The van der Waals surface area contributed by atoms with Crippen LogP contribution >= 0.6 is 11.5 Å². The number of aromatic nitrogens is 2. The highest BCUT2D eigenvalue weighted by Crippen LogP contribution is 2.30. The lowest BCUT2D eigenvalue weighted by Crippen LogP contribution is -2.11. The van der Waals surface area contributed by atoms with Gasteiger partial charge in [-0.25, -0.2) is 0 Å². The minimum Gasteiger partial charge on any atom is -0.497 e. The Morgan fingerprint density at radius 3 is 2.54 bits per heavy atom. The number of ether oxygens (including phenoxy) is 1. The van der Waals surface area contributed by atoms with Crippen molar-refractivity contribution in [1.82, 2.24) is 9.36 Å². The first-order valence-corrected chi connectivity index (χ1v) is 9.54. The number of nitrogens with one attached hydrogen (secondary N) is 1. The van der Waals surface area contributed by atoms with Crippen LogP contribution in [0.15, 0.2) is 40.8 Å². The van der Waals surface area contributed by atoms with Gasteiger partial charge in [0.25, 0.3) is 5.91 Å². The third-order valence-electron chi connectivity index (χ3n) is 4.83. The molecule has 0 aliphatic heterocycles. The van der Waals surface area contributed by atoms with Crippen LogP contribution in [0.2, 0.25) is 0 Å². The molecule has 1 N–H and O–H groups in total. The van der Waals surface area contributed by atoms with Crippen LogP contribution in [0, 0.1) is 20.8 Å². The number of rotatable bonds is 4. The number of methoxy groups -OCH3 is 1. The van der Waals surface area contributed by atoms with Crippen LogP contribution in [0.3, 0.4) is 0 Å². The lowest BCUT2D eigenvalue weighted by Gasteiger charge is -2.00. The average Bonchev–Trinajstić information content (AvgIpc) is 3.30. The lowest BCUT2D eigenvalue weighted by molar-refractivity contribution is 0.0998. The Bertz CT molecular complexity index is 1180. The molecule has 0 saturated carbocycles. The Balaban J connectivity index is 1.59. The molecule has 2 aromatic heterocycles. The maximum atomic E-state index is 12.7. The minimum atomic E-state index is -0.330. The summed E-state index contributed by atoms with van der Waals surface area (Å²) in [6.07, 6.45) is 0. The highest BCUT2D eigenvalue weighted by Gasteiger charge is 2.20. The van der Waals surface area contributed by atoms with E-state index in [1.165, 1.54) is 0 Å². The molecule has 0 bridgehead atoms. The summed E-state index contributed by atoms with van der Waals surface area (Å²) >= 11 is 1.13. The van der Waals surface area contributed by atoms with E-state index in [1.54, 1.807) is 7.11 Å². The van der Waals surface area contributed by atoms with E-state index >= 15 is 0 Å². The van der Waals surface area contributed by atoms with Gasteiger partial charge >= 0.3 is 0 Å². The maximum absolute atomic E-state index is 12.7. The van der Waals surface area contributed by atoms with Gasteiger partial charge in [-0.2, -0.15) is 9.36 Å². The fourth-order valence-electron chi connectivity index (χ4n) is 3.02. The first kappa shape index (κ1) is 18.2. The number of furan rings is 1. The van der Waals surface area contributed by atoms with Crippen molar-refractivity contribution in [2.24, 2.45) is 0 Å². The largest absolute Gasteiger partial charge is 0.497 e. The number of nitrogens with zero attached hydrogens (tertiary/aromatic N) is 2. The maximum Gasteiger partial charge on any atom is 0.293 e. The molecule has 6 nitrogen and oxygen atoms in total. The van der Waals surface area contributed by atoms with Crippen LogP contribution in [0.4, 0.5) is 5.13 Å². The third-order valence-corrected chi connectivity index (χ3v) is 5.46. The fourth-order valence-corrected chi connectivity index (χ4v) is 3.60. The molecule has 28 heavy (non-hydrogen) atoms. The number of amides is 1. The first-order valence-electron chi connectivity index (χ1n) is 8.76. The van der Waals surface area contributed by atoms with E-state index in [1.807, 2.05) is 57.2 Å². The molecule has 4 rings (SSSR count). The van der Waals surface area contributed by atoms with Crippen molar-refractivity contribution < 1.29 is 13.9 Å². The molecule has 0 fully saturated rings. The molecule has 0 radical (unpaired) electrons. The zero-order valence-electron chi connectivity index (χ0n) is 16.0. The number of aryl methyl sites for hydroxylation is 3. The van der Waals surface area contributed by atoms with Gasteiger partial charge in [-0.1, -0.05) is 12.1 Å². The van der Waals surface area contributed by atoms with Crippen molar-refractivity contribution in [3.05, 3.63) is 58.8 Å². The van der Waals surface area contributed by atoms with Gasteiger partial charge in [0.1, 0.15) is 11.3 Å². The molecule has 0 aliphatic carbocycles. The molecule has 0 aliphatic rings. The molecule has 2 aromatic carbocycles. The molecule has 7 heteroatoms. The third kappa shape index (κ3) is 3.14. The lowest BCUT2D eigenvalue weighted by atomic mass is 10.0. The fraction of sp³-hybridized carbons (Fsp3) is 0.190. The number of carbonyl (C=O) groups excluding carboxylic acids is 1. The number of carbonyl (C=O) groups is 1. The van der Waals surface area contributed by atoms with Gasteiger partial charge < -0.3 is 9.15 Å². The quantitative estimate of drug-likeness (QED) is 0.520. The number of benzene rings is 2. The van der Waals surface area contributed by atoms with Gasteiger partial charge in [0, 0.05) is 28.0 Å². The van der Waals surface area contributed by atoms with Crippen LogP contribution in [0.1, 0.15) is 27.2 Å². The van der Waals surface area contributed by atoms with E-state index in [4.69, 9.17) is 9.15 Å². The highest BCUT2D eigenvalue weighted by atomic mass is 32.1. The van der Waals surface area contributed by atoms with E-state index in [0.29, 0.717) is 16.7 Å². The molecule has 4 aromatic rings. The summed E-state index contributed by atoms with van der Waals surface area (Å²) in [5.74, 6) is 1.28. The molecular formula is C21H19N3O3S. The summed E-state index contributed by atoms with van der Waals surface area (Å²) < 4.78 is 15.4. The Labute approximate surface area is 166 Å². The smallest absolute Gasteiger partial charge is 0.293 e. The van der Waals surface area contributed by atoms with Gasteiger partial charge in [-0.3, -0.25) is 10.1 Å². The number of anilines is 1. The summed E-state index contributed by atoms with van der Waals surface area (Å²) in [6, 6.07) is 11.5. The molecule has 0 saturated heterocycles. The van der Waals surface area contributed by atoms with Crippen LogP contribution in [-0.4, -0.2) is 22.4 Å². The van der Waals surface area contributed by atoms with E-state index in [0.717, 1.165) is 50.5 Å². The normalized spacial score (nSPS) is 11.0. The van der Waals surface area contributed by atoms with Crippen molar-refractivity contribution in [1.29, 1.82) is 0 Å². The summed E-state index contributed by atoms with van der Waals surface area (Å²) in [7, 11) is 1.62. The van der Waals surface area contributed by atoms with E-state index in [9.17, 15) is 4.79 Å². The SMILES string of the molecule is COc1ccc(-c2nsc(NC(=O)c3oc4c(C)c(C)ccc4c3C)n2)cc1. The predicted octanol–water partition coefficient (Wildman–Crippen LogP) is 5.14. The second-order valence-electron chi connectivity index (χ2n) is 6.55. The zero-order valence-corrected chi connectivity index (χ0v) is 16.8.